The van der Waals surface area contributed by atoms with Gasteiger partial charge in [0.1, 0.15) is 0 Å². The molecule has 0 radical (unpaired) electrons. The van der Waals surface area contributed by atoms with Crippen molar-refractivity contribution < 1.29 is 9.59 Å². The summed E-state index contributed by atoms with van der Waals surface area (Å²) >= 11 is 0. The van der Waals surface area contributed by atoms with Crippen molar-refractivity contribution in [3.8, 4) is 0 Å². The second-order valence-corrected chi connectivity index (χ2v) is 5.51. The van der Waals surface area contributed by atoms with E-state index in [0.29, 0.717) is 19.4 Å². The molecule has 0 unspecified atom stereocenters. The van der Waals surface area contributed by atoms with E-state index in [2.05, 4.69) is 10.6 Å². The summed E-state index contributed by atoms with van der Waals surface area (Å²) in [6.07, 6.45) is 5.18. The summed E-state index contributed by atoms with van der Waals surface area (Å²) in [5, 5.41) is 5.62. The molecule has 0 aliphatic carbocycles. The van der Waals surface area contributed by atoms with Gasteiger partial charge in [-0.2, -0.15) is 0 Å². The maximum absolute atomic E-state index is 11.9. The number of carbonyl (C=O) groups excluding carboxylic acids is 2. The molecule has 2 N–H and O–H groups in total. The summed E-state index contributed by atoms with van der Waals surface area (Å²) in [6, 6.07) is 17.5. The highest BCUT2D eigenvalue weighted by atomic mass is 16.2. The molecule has 0 bridgehead atoms. The number of hydrogen-bond acceptors (Lipinski definition) is 2. The summed E-state index contributed by atoms with van der Waals surface area (Å²) in [5.74, 6) is -0.0981. The Morgan fingerprint density at radius 3 is 2.58 bits per heavy atom. The van der Waals surface area contributed by atoms with Gasteiger partial charge < -0.3 is 10.6 Å². The van der Waals surface area contributed by atoms with E-state index in [1.807, 2.05) is 66.7 Å². The zero-order valence-electron chi connectivity index (χ0n) is 13.8. The van der Waals surface area contributed by atoms with Crippen LogP contribution in [0, 0.1) is 0 Å². The Morgan fingerprint density at radius 1 is 1.04 bits per heavy atom. The molecule has 0 aliphatic heterocycles. The van der Waals surface area contributed by atoms with Crippen LogP contribution in [0.1, 0.15) is 30.9 Å². The largest absolute Gasteiger partial charge is 0.352 e. The monoisotopic (exact) mass is 322 g/mol. The van der Waals surface area contributed by atoms with E-state index >= 15 is 0 Å². The van der Waals surface area contributed by atoms with Crippen molar-refractivity contribution in [1.29, 1.82) is 0 Å². The van der Waals surface area contributed by atoms with Crippen molar-refractivity contribution in [2.75, 3.05) is 5.32 Å². The fourth-order valence-corrected chi connectivity index (χ4v) is 2.25. The number of rotatable bonds is 7. The first kappa shape index (κ1) is 17.5. The number of nitrogens with one attached hydrogen (secondary N) is 2. The van der Waals surface area contributed by atoms with Gasteiger partial charge in [-0.05, 0) is 29.7 Å². The van der Waals surface area contributed by atoms with E-state index in [1.165, 1.54) is 6.92 Å². The molecule has 2 aromatic carbocycles. The van der Waals surface area contributed by atoms with Crippen molar-refractivity contribution in [3.05, 3.63) is 71.8 Å². The zero-order chi connectivity index (χ0) is 17.2. The van der Waals surface area contributed by atoms with E-state index in [9.17, 15) is 9.59 Å². The van der Waals surface area contributed by atoms with Crippen molar-refractivity contribution in [3.63, 3.8) is 0 Å². The van der Waals surface area contributed by atoms with Crippen LogP contribution in [0.3, 0.4) is 0 Å². The SMILES string of the molecule is CC(=O)Nc1cccc(CNC(=O)CC/C=C\c2ccccc2)c1. The molecular formula is C20H22N2O2. The molecule has 124 valence electrons. The lowest BCUT2D eigenvalue weighted by Crippen LogP contribution is -2.22. The number of allylic oxidation sites excluding steroid dienone is 1. The molecule has 0 saturated carbocycles. The molecule has 4 nitrogen and oxygen atoms in total. The minimum Gasteiger partial charge on any atom is -0.352 e. The van der Waals surface area contributed by atoms with Crippen LogP contribution >= 0.6 is 0 Å². The molecule has 0 heterocycles. The molecule has 0 aliphatic rings. The van der Waals surface area contributed by atoms with Crippen LogP contribution in [0.4, 0.5) is 5.69 Å². The highest BCUT2D eigenvalue weighted by Crippen LogP contribution is 2.10. The molecule has 2 rings (SSSR count). The summed E-state index contributed by atoms with van der Waals surface area (Å²) in [4.78, 5) is 22.9. The van der Waals surface area contributed by atoms with Gasteiger partial charge >= 0.3 is 0 Å². The Kier molecular flexibility index (Phi) is 6.77. The normalized spacial score (nSPS) is 10.5. The van der Waals surface area contributed by atoms with Crippen molar-refractivity contribution >= 4 is 23.6 Å². The molecular weight excluding hydrogens is 300 g/mol. The van der Waals surface area contributed by atoms with Gasteiger partial charge in [-0.25, -0.2) is 0 Å². The summed E-state index contributed by atoms with van der Waals surface area (Å²) in [7, 11) is 0. The molecule has 0 aromatic heterocycles. The summed E-state index contributed by atoms with van der Waals surface area (Å²) in [5.41, 5.74) is 2.82. The third-order valence-corrected chi connectivity index (χ3v) is 3.38. The molecule has 2 aromatic rings. The maximum Gasteiger partial charge on any atom is 0.221 e. The second-order valence-electron chi connectivity index (χ2n) is 5.51. The van der Waals surface area contributed by atoms with Crippen molar-refractivity contribution in [1.82, 2.24) is 5.32 Å². The Morgan fingerprint density at radius 2 is 1.83 bits per heavy atom. The topological polar surface area (TPSA) is 58.2 Å². The molecule has 0 spiro atoms. The lowest BCUT2D eigenvalue weighted by molar-refractivity contribution is -0.121. The van der Waals surface area contributed by atoms with Gasteiger partial charge in [0.2, 0.25) is 11.8 Å². The van der Waals surface area contributed by atoms with E-state index in [4.69, 9.17) is 0 Å². The number of anilines is 1. The third-order valence-electron chi connectivity index (χ3n) is 3.38. The molecule has 4 heteroatoms. The Bertz CT molecular complexity index is 709. The van der Waals surface area contributed by atoms with Gasteiger partial charge in [0.15, 0.2) is 0 Å². The minimum atomic E-state index is -0.110. The minimum absolute atomic E-state index is 0.0117. The highest BCUT2D eigenvalue weighted by Gasteiger charge is 2.01. The van der Waals surface area contributed by atoms with Gasteiger partial charge in [-0.3, -0.25) is 9.59 Å². The van der Waals surface area contributed by atoms with Crippen LogP contribution in [0.25, 0.3) is 6.08 Å². The Balaban J connectivity index is 1.73. The van der Waals surface area contributed by atoms with Gasteiger partial charge in [0, 0.05) is 25.6 Å². The number of amides is 2. The lowest BCUT2D eigenvalue weighted by atomic mass is 10.1. The fourth-order valence-electron chi connectivity index (χ4n) is 2.25. The maximum atomic E-state index is 11.9. The van der Waals surface area contributed by atoms with Crippen LogP contribution < -0.4 is 10.6 Å². The van der Waals surface area contributed by atoms with Crippen LogP contribution in [0.5, 0.6) is 0 Å². The van der Waals surface area contributed by atoms with Gasteiger partial charge in [0.05, 0.1) is 0 Å². The summed E-state index contributed by atoms with van der Waals surface area (Å²) in [6.45, 7) is 1.92. The van der Waals surface area contributed by atoms with Gasteiger partial charge in [0.25, 0.3) is 0 Å². The highest BCUT2D eigenvalue weighted by molar-refractivity contribution is 5.88. The predicted molar refractivity (Wildman–Crippen MR) is 97.3 cm³/mol. The van der Waals surface area contributed by atoms with Crippen LogP contribution in [-0.2, 0) is 16.1 Å². The Hall–Kier alpha value is -2.88. The molecule has 2 amide bonds. The third kappa shape index (κ3) is 6.48. The average molecular weight is 322 g/mol. The van der Waals surface area contributed by atoms with Crippen molar-refractivity contribution in [2.45, 2.75) is 26.3 Å². The number of hydrogen-bond donors (Lipinski definition) is 2. The van der Waals surface area contributed by atoms with E-state index in [0.717, 1.165) is 16.8 Å². The Labute approximate surface area is 142 Å². The quantitative estimate of drug-likeness (QED) is 0.815. The lowest BCUT2D eigenvalue weighted by Gasteiger charge is -2.07. The first-order valence-corrected chi connectivity index (χ1v) is 7.98. The van der Waals surface area contributed by atoms with Crippen molar-refractivity contribution in [2.24, 2.45) is 0 Å². The first-order valence-electron chi connectivity index (χ1n) is 7.98. The van der Waals surface area contributed by atoms with Crippen LogP contribution in [0.2, 0.25) is 0 Å². The predicted octanol–water partition coefficient (Wildman–Crippen LogP) is 3.75. The molecule has 0 atom stereocenters. The molecule has 24 heavy (non-hydrogen) atoms. The standard InChI is InChI=1S/C20H22N2O2/c1-16(23)22-19-12-7-11-18(14-19)15-21-20(24)13-6-5-10-17-8-3-2-4-9-17/h2-5,7-12,14H,6,13,15H2,1H3,(H,21,24)(H,22,23)/b10-5-. The first-order chi connectivity index (χ1) is 11.6. The average Bonchev–Trinajstić information content (AvgIpc) is 2.58. The molecule has 0 fully saturated rings. The molecule has 0 saturated heterocycles. The fraction of sp³-hybridized carbons (Fsp3) is 0.200. The smallest absolute Gasteiger partial charge is 0.221 e. The van der Waals surface area contributed by atoms with E-state index < -0.39 is 0 Å². The zero-order valence-corrected chi connectivity index (χ0v) is 13.8. The van der Waals surface area contributed by atoms with Gasteiger partial charge in [-0.15, -0.1) is 0 Å². The van der Waals surface area contributed by atoms with E-state index in [1.54, 1.807) is 0 Å². The second kappa shape index (κ2) is 9.30. The van der Waals surface area contributed by atoms with E-state index in [-0.39, 0.29) is 11.8 Å². The van der Waals surface area contributed by atoms with Crippen LogP contribution in [0.15, 0.2) is 60.7 Å². The van der Waals surface area contributed by atoms with Gasteiger partial charge in [-0.1, -0.05) is 54.6 Å². The number of carbonyl (C=O) groups is 2. The van der Waals surface area contributed by atoms with Crippen LogP contribution in [-0.4, -0.2) is 11.8 Å². The summed E-state index contributed by atoms with van der Waals surface area (Å²) < 4.78 is 0. The number of benzene rings is 2.